The minimum atomic E-state index is -0.738. The van der Waals surface area contributed by atoms with E-state index < -0.39 is 5.97 Å². The average molecular weight is 356 g/mol. The molecule has 21 heavy (non-hydrogen) atoms. The van der Waals surface area contributed by atoms with Crippen molar-refractivity contribution in [2.24, 2.45) is 5.92 Å². The van der Waals surface area contributed by atoms with Gasteiger partial charge in [-0.25, -0.2) is 0 Å². The van der Waals surface area contributed by atoms with Gasteiger partial charge in [0, 0.05) is 10.5 Å². The van der Waals surface area contributed by atoms with Crippen molar-refractivity contribution in [3.63, 3.8) is 0 Å². The molecule has 1 aliphatic carbocycles. The van der Waals surface area contributed by atoms with Crippen molar-refractivity contribution in [3.05, 3.63) is 28.7 Å². The number of carbonyl (C=O) groups excluding carboxylic acids is 1. The third-order valence-electron chi connectivity index (χ3n) is 3.61. The first-order chi connectivity index (χ1) is 10.0. The molecule has 0 aliphatic heterocycles. The summed E-state index contributed by atoms with van der Waals surface area (Å²) in [5, 5.41) is 11.8. The molecule has 0 heterocycles. The van der Waals surface area contributed by atoms with Gasteiger partial charge in [0.1, 0.15) is 5.75 Å². The van der Waals surface area contributed by atoms with Crippen LogP contribution in [-0.2, 0) is 9.59 Å². The van der Waals surface area contributed by atoms with E-state index in [-0.39, 0.29) is 24.5 Å². The van der Waals surface area contributed by atoms with Gasteiger partial charge in [-0.1, -0.05) is 22.0 Å². The molecule has 1 fully saturated rings. The van der Waals surface area contributed by atoms with Crippen LogP contribution >= 0.6 is 15.9 Å². The van der Waals surface area contributed by atoms with Crippen LogP contribution in [0.3, 0.4) is 0 Å². The standard InChI is InChI=1S/C15H18BrNO4/c16-11-2-1-3-13(8-11)21-9-14(18)17-12-6-4-10(5-7-12)15(19)20/h1-3,8,10,12H,4-7,9H2,(H,17,18)(H,19,20). The largest absolute Gasteiger partial charge is 0.484 e. The molecule has 5 nitrogen and oxygen atoms in total. The molecule has 1 aliphatic rings. The van der Waals surface area contributed by atoms with Crippen LogP contribution in [0.1, 0.15) is 25.7 Å². The minimum Gasteiger partial charge on any atom is -0.484 e. The maximum atomic E-state index is 11.8. The van der Waals surface area contributed by atoms with E-state index in [2.05, 4.69) is 21.2 Å². The number of benzene rings is 1. The topological polar surface area (TPSA) is 75.6 Å². The number of carboxylic acids is 1. The van der Waals surface area contributed by atoms with Gasteiger partial charge in [-0.05, 0) is 43.9 Å². The van der Waals surface area contributed by atoms with Gasteiger partial charge in [0.15, 0.2) is 6.61 Å². The number of carbonyl (C=O) groups is 2. The molecule has 114 valence electrons. The number of amides is 1. The van der Waals surface area contributed by atoms with Crippen LogP contribution < -0.4 is 10.1 Å². The molecule has 6 heteroatoms. The maximum absolute atomic E-state index is 11.8. The Morgan fingerprint density at radius 1 is 1.29 bits per heavy atom. The molecule has 1 aromatic carbocycles. The van der Waals surface area contributed by atoms with Crippen LogP contribution in [0.2, 0.25) is 0 Å². The van der Waals surface area contributed by atoms with Crippen molar-refractivity contribution >= 4 is 27.8 Å². The van der Waals surface area contributed by atoms with E-state index in [1.165, 1.54) is 0 Å². The predicted octanol–water partition coefficient (Wildman–Crippen LogP) is 2.59. The zero-order valence-electron chi connectivity index (χ0n) is 11.5. The summed E-state index contributed by atoms with van der Waals surface area (Å²) in [6.07, 6.45) is 2.65. The van der Waals surface area contributed by atoms with Gasteiger partial charge < -0.3 is 15.2 Å². The Morgan fingerprint density at radius 2 is 2.00 bits per heavy atom. The maximum Gasteiger partial charge on any atom is 0.306 e. The first-order valence-corrected chi connectivity index (χ1v) is 7.74. The summed E-state index contributed by atoms with van der Waals surface area (Å²) in [6.45, 7) is -0.0324. The third kappa shape index (κ3) is 5.04. The summed E-state index contributed by atoms with van der Waals surface area (Å²) >= 11 is 3.34. The molecular formula is C15H18BrNO4. The fraction of sp³-hybridized carbons (Fsp3) is 0.467. The zero-order chi connectivity index (χ0) is 15.2. The van der Waals surface area contributed by atoms with Gasteiger partial charge in [0.05, 0.1) is 5.92 Å². The molecule has 1 aromatic rings. The predicted molar refractivity (Wildman–Crippen MR) is 81.2 cm³/mol. The Hall–Kier alpha value is -1.56. The number of nitrogens with one attached hydrogen (secondary N) is 1. The lowest BCUT2D eigenvalue weighted by Gasteiger charge is -2.26. The summed E-state index contributed by atoms with van der Waals surface area (Å²) < 4.78 is 6.31. The second-order valence-corrected chi connectivity index (χ2v) is 6.12. The second-order valence-electron chi connectivity index (χ2n) is 5.20. The summed E-state index contributed by atoms with van der Waals surface area (Å²) in [7, 11) is 0. The Kier molecular flexibility index (Phi) is 5.61. The van der Waals surface area contributed by atoms with E-state index in [1.807, 2.05) is 12.1 Å². The SMILES string of the molecule is O=C(COc1cccc(Br)c1)NC1CCC(C(=O)O)CC1. The molecule has 0 aromatic heterocycles. The first-order valence-electron chi connectivity index (χ1n) is 6.95. The van der Waals surface area contributed by atoms with Crippen LogP contribution in [0.5, 0.6) is 5.75 Å². The molecular weight excluding hydrogens is 338 g/mol. The summed E-state index contributed by atoms with van der Waals surface area (Å²) in [5.74, 6) is -0.545. The Bertz CT molecular complexity index is 512. The fourth-order valence-electron chi connectivity index (χ4n) is 2.46. The van der Waals surface area contributed by atoms with Gasteiger partial charge >= 0.3 is 5.97 Å². The molecule has 1 saturated carbocycles. The molecule has 2 rings (SSSR count). The third-order valence-corrected chi connectivity index (χ3v) is 4.10. The van der Waals surface area contributed by atoms with Crippen LogP contribution in [0.4, 0.5) is 0 Å². The number of hydrogen-bond acceptors (Lipinski definition) is 3. The number of hydrogen-bond donors (Lipinski definition) is 2. The highest BCUT2D eigenvalue weighted by molar-refractivity contribution is 9.10. The van der Waals surface area contributed by atoms with Crippen LogP contribution in [-0.4, -0.2) is 29.6 Å². The molecule has 0 spiro atoms. The summed E-state index contributed by atoms with van der Waals surface area (Å²) in [5.41, 5.74) is 0. The second kappa shape index (κ2) is 7.45. The van der Waals surface area contributed by atoms with Gasteiger partial charge in [-0.15, -0.1) is 0 Å². The van der Waals surface area contributed by atoms with Crippen LogP contribution in [0, 0.1) is 5.92 Å². The quantitative estimate of drug-likeness (QED) is 0.850. The first kappa shape index (κ1) is 15.8. The average Bonchev–Trinajstić information content (AvgIpc) is 2.46. The van der Waals surface area contributed by atoms with E-state index in [0.29, 0.717) is 31.4 Å². The lowest BCUT2D eigenvalue weighted by molar-refractivity contribution is -0.142. The molecule has 0 unspecified atom stereocenters. The Morgan fingerprint density at radius 3 is 2.62 bits per heavy atom. The molecule has 0 radical (unpaired) electrons. The van der Waals surface area contributed by atoms with Crippen molar-refractivity contribution in [2.75, 3.05) is 6.61 Å². The van der Waals surface area contributed by atoms with Crippen molar-refractivity contribution in [2.45, 2.75) is 31.7 Å². The minimum absolute atomic E-state index is 0.0324. The number of carboxylic acid groups (broad SMARTS) is 1. The van der Waals surface area contributed by atoms with Crippen LogP contribution in [0.25, 0.3) is 0 Å². The van der Waals surface area contributed by atoms with Crippen molar-refractivity contribution in [3.8, 4) is 5.75 Å². The molecule has 0 bridgehead atoms. The normalized spacial score (nSPS) is 21.6. The molecule has 2 N–H and O–H groups in total. The Balaban J connectivity index is 1.72. The van der Waals surface area contributed by atoms with Gasteiger partial charge in [-0.3, -0.25) is 9.59 Å². The van der Waals surface area contributed by atoms with Crippen molar-refractivity contribution in [1.29, 1.82) is 0 Å². The van der Waals surface area contributed by atoms with E-state index in [4.69, 9.17) is 9.84 Å². The van der Waals surface area contributed by atoms with E-state index in [9.17, 15) is 9.59 Å². The lowest BCUT2D eigenvalue weighted by Crippen LogP contribution is -2.40. The molecule has 0 saturated heterocycles. The van der Waals surface area contributed by atoms with E-state index in [1.54, 1.807) is 12.1 Å². The number of ether oxygens (including phenoxy) is 1. The van der Waals surface area contributed by atoms with E-state index in [0.717, 1.165) is 4.47 Å². The summed E-state index contributed by atoms with van der Waals surface area (Å²) in [6, 6.07) is 7.36. The zero-order valence-corrected chi connectivity index (χ0v) is 13.1. The smallest absolute Gasteiger partial charge is 0.306 e. The number of aliphatic carboxylic acids is 1. The van der Waals surface area contributed by atoms with Gasteiger partial charge in [0.25, 0.3) is 5.91 Å². The van der Waals surface area contributed by atoms with Crippen molar-refractivity contribution in [1.82, 2.24) is 5.32 Å². The van der Waals surface area contributed by atoms with Crippen LogP contribution in [0.15, 0.2) is 28.7 Å². The van der Waals surface area contributed by atoms with E-state index >= 15 is 0 Å². The molecule has 1 amide bonds. The van der Waals surface area contributed by atoms with Crippen molar-refractivity contribution < 1.29 is 19.4 Å². The highest BCUT2D eigenvalue weighted by atomic mass is 79.9. The highest BCUT2D eigenvalue weighted by Crippen LogP contribution is 2.24. The number of rotatable bonds is 5. The monoisotopic (exact) mass is 355 g/mol. The number of halogens is 1. The Labute approximate surface area is 131 Å². The lowest BCUT2D eigenvalue weighted by atomic mass is 9.86. The fourth-order valence-corrected chi connectivity index (χ4v) is 2.84. The highest BCUT2D eigenvalue weighted by Gasteiger charge is 2.26. The summed E-state index contributed by atoms with van der Waals surface area (Å²) in [4.78, 5) is 22.7. The molecule has 0 atom stereocenters. The van der Waals surface area contributed by atoms with Gasteiger partial charge in [0.2, 0.25) is 0 Å². The van der Waals surface area contributed by atoms with Gasteiger partial charge in [-0.2, -0.15) is 0 Å².